The largest absolute Gasteiger partial charge is 0.361 e. The third kappa shape index (κ3) is 4.29. The molecular weight excluding hydrogens is 418 g/mol. The zero-order valence-electron chi connectivity index (χ0n) is 17.2. The minimum atomic E-state index is -0.176. The third-order valence-corrected chi connectivity index (χ3v) is 6.13. The zero-order valence-corrected chi connectivity index (χ0v) is 18.0. The molecule has 0 saturated carbocycles. The van der Waals surface area contributed by atoms with E-state index >= 15 is 0 Å². The molecule has 2 N–H and O–H groups in total. The Morgan fingerprint density at radius 1 is 1.03 bits per heavy atom. The number of rotatable bonds is 7. The molecule has 0 unspecified atom stereocenters. The number of hydrogen-bond acceptors (Lipinski definition) is 4. The first kappa shape index (κ1) is 20.1. The van der Waals surface area contributed by atoms with E-state index in [1.807, 2.05) is 66.9 Å². The van der Waals surface area contributed by atoms with Gasteiger partial charge in [0, 0.05) is 22.7 Å². The second-order valence-corrected chi connectivity index (χ2v) is 8.27. The van der Waals surface area contributed by atoms with Crippen LogP contribution in [0.3, 0.4) is 0 Å². The molecule has 7 heteroatoms. The number of fused-ring (bicyclic) bond motifs is 2. The molecule has 2 aromatic heterocycles. The van der Waals surface area contributed by atoms with Crippen LogP contribution in [-0.4, -0.2) is 32.4 Å². The molecule has 0 aliphatic heterocycles. The number of aromatic nitrogens is 3. The van der Waals surface area contributed by atoms with Gasteiger partial charge in [0.15, 0.2) is 5.16 Å². The van der Waals surface area contributed by atoms with Crippen molar-refractivity contribution in [2.75, 3.05) is 5.75 Å². The predicted octanol–water partition coefficient (Wildman–Crippen LogP) is 4.81. The van der Waals surface area contributed by atoms with Crippen molar-refractivity contribution in [1.82, 2.24) is 20.0 Å². The molecular formula is C25H21N5OS. The first-order valence-electron chi connectivity index (χ1n) is 10.3. The van der Waals surface area contributed by atoms with Crippen LogP contribution >= 0.6 is 11.8 Å². The van der Waals surface area contributed by atoms with Crippen LogP contribution in [0.25, 0.3) is 21.9 Å². The maximum atomic E-state index is 12.4. The first-order chi connectivity index (χ1) is 15.8. The van der Waals surface area contributed by atoms with Gasteiger partial charge in [0.05, 0.1) is 29.5 Å². The number of benzene rings is 3. The summed E-state index contributed by atoms with van der Waals surface area (Å²) in [6.07, 6.45) is 3.53. The van der Waals surface area contributed by atoms with Gasteiger partial charge >= 0.3 is 0 Å². The summed E-state index contributed by atoms with van der Waals surface area (Å²) in [7, 11) is 0. The van der Waals surface area contributed by atoms with Crippen molar-refractivity contribution in [3.05, 3.63) is 96.2 Å². The fraction of sp³-hybridized carbons (Fsp3) is 0.0800. The molecule has 0 aliphatic carbocycles. The molecule has 0 bridgehead atoms. The van der Waals surface area contributed by atoms with Crippen LogP contribution < -0.4 is 5.43 Å². The number of para-hydroxylation sites is 3. The molecule has 1 amide bonds. The van der Waals surface area contributed by atoms with Gasteiger partial charge in [-0.1, -0.05) is 72.4 Å². The molecule has 0 radical (unpaired) electrons. The van der Waals surface area contributed by atoms with E-state index in [0.29, 0.717) is 6.54 Å². The molecule has 2 heterocycles. The van der Waals surface area contributed by atoms with Gasteiger partial charge in [-0.15, -0.1) is 0 Å². The maximum Gasteiger partial charge on any atom is 0.250 e. The average Bonchev–Trinajstić information content (AvgIpc) is 3.40. The first-order valence-corrected chi connectivity index (χ1v) is 11.3. The minimum absolute atomic E-state index is 0.176. The number of nitrogens with zero attached hydrogens (tertiary/aromatic N) is 3. The Morgan fingerprint density at radius 2 is 1.81 bits per heavy atom. The highest BCUT2D eigenvalue weighted by Crippen LogP contribution is 2.25. The zero-order chi connectivity index (χ0) is 21.8. The van der Waals surface area contributed by atoms with Crippen molar-refractivity contribution in [3.63, 3.8) is 0 Å². The molecule has 0 saturated heterocycles. The smallest absolute Gasteiger partial charge is 0.250 e. The van der Waals surface area contributed by atoms with Crippen LogP contribution in [0.2, 0.25) is 0 Å². The quantitative estimate of drug-likeness (QED) is 0.217. The van der Waals surface area contributed by atoms with E-state index in [-0.39, 0.29) is 11.7 Å². The molecule has 0 atom stereocenters. The summed E-state index contributed by atoms with van der Waals surface area (Å²) in [6, 6.07) is 26.2. The van der Waals surface area contributed by atoms with Crippen LogP contribution in [0.1, 0.15) is 11.1 Å². The Balaban J connectivity index is 1.27. The molecule has 5 rings (SSSR count). The van der Waals surface area contributed by atoms with Gasteiger partial charge in [0.1, 0.15) is 0 Å². The molecule has 0 fully saturated rings. The third-order valence-electron chi connectivity index (χ3n) is 5.15. The molecule has 0 aliphatic rings. The molecule has 158 valence electrons. The summed E-state index contributed by atoms with van der Waals surface area (Å²) in [5, 5.41) is 6.00. The van der Waals surface area contributed by atoms with Crippen LogP contribution in [0, 0.1) is 0 Å². The van der Waals surface area contributed by atoms with Crippen molar-refractivity contribution in [2.24, 2.45) is 5.10 Å². The standard InChI is InChI=1S/C25H21N5OS/c31-24(29-27-15-19-14-26-21-11-5-4-10-20(19)21)17-32-25-28-22-12-6-7-13-23(22)30(25)16-18-8-2-1-3-9-18/h1-15,26H,16-17H2,(H,29,31). The number of aromatic amines is 1. The molecule has 0 spiro atoms. The Labute approximate surface area is 189 Å². The number of thioether (sulfide) groups is 1. The van der Waals surface area contributed by atoms with Crippen LogP contribution in [0.15, 0.2) is 95.3 Å². The van der Waals surface area contributed by atoms with E-state index in [0.717, 1.165) is 32.7 Å². The van der Waals surface area contributed by atoms with E-state index in [9.17, 15) is 4.79 Å². The van der Waals surface area contributed by atoms with E-state index < -0.39 is 0 Å². The van der Waals surface area contributed by atoms with Crippen LogP contribution in [-0.2, 0) is 11.3 Å². The second-order valence-electron chi connectivity index (χ2n) is 7.33. The van der Waals surface area contributed by atoms with Gasteiger partial charge in [-0.25, -0.2) is 10.4 Å². The van der Waals surface area contributed by atoms with E-state index in [4.69, 9.17) is 4.98 Å². The monoisotopic (exact) mass is 439 g/mol. The fourth-order valence-electron chi connectivity index (χ4n) is 3.62. The number of amides is 1. The van der Waals surface area contributed by atoms with Gasteiger partial charge < -0.3 is 9.55 Å². The van der Waals surface area contributed by atoms with Gasteiger partial charge in [-0.05, 0) is 23.8 Å². The van der Waals surface area contributed by atoms with Gasteiger partial charge in [-0.2, -0.15) is 5.10 Å². The highest BCUT2D eigenvalue weighted by Gasteiger charge is 2.13. The summed E-state index contributed by atoms with van der Waals surface area (Å²) >= 11 is 1.41. The van der Waals surface area contributed by atoms with Gasteiger partial charge in [0.2, 0.25) is 0 Å². The summed E-state index contributed by atoms with van der Waals surface area (Å²) in [6.45, 7) is 0.698. The minimum Gasteiger partial charge on any atom is -0.361 e. The lowest BCUT2D eigenvalue weighted by Gasteiger charge is -2.09. The number of hydrogen-bond donors (Lipinski definition) is 2. The van der Waals surface area contributed by atoms with Crippen molar-refractivity contribution in [3.8, 4) is 0 Å². The van der Waals surface area contributed by atoms with Gasteiger partial charge in [0.25, 0.3) is 5.91 Å². The molecule has 3 aromatic carbocycles. The summed E-state index contributed by atoms with van der Waals surface area (Å²) in [5.41, 5.74) is 7.74. The van der Waals surface area contributed by atoms with Crippen LogP contribution in [0.5, 0.6) is 0 Å². The van der Waals surface area contributed by atoms with E-state index in [2.05, 4.69) is 38.3 Å². The second kappa shape index (κ2) is 9.11. The van der Waals surface area contributed by atoms with E-state index in [1.165, 1.54) is 17.3 Å². The SMILES string of the molecule is O=C(CSc1nc2ccccc2n1Cc1ccccc1)NN=Cc1c[nH]c2ccccc12. The van der Waals surface area contributed by atoms with Crippen molar-refractivity contribution in [2.45, 2.75) is 11.7 Å². The fourth-order valence-corrected chi connectivity index (χ4v) is 4.43. The summed E-state index contributed by atoms with van der Waals surface area (Å²) in [4.78, 5) is 20.3. The Kier molecular flexibility index (Phi) is 5.72. The Bertz CT molecular complexity index is 1400. The van der Waals surface area contributed by atoms with Crippen LogP contribution in [0.4, 0.5) is 0 Å². The number of nitrogens with one attached hydrogen (secondary N) is 2. The molecule has 32 heavy (non-hydrogen) atoms. The Morgan fingerprint density at radius 3 is 2.72 bits per heavy atom. The number of carbonyl (C=O) groups excluding carboxylic acids is 1. The van der Waals surface area contributed by atoms with Crippen molar-refractivity contribution in [1.29, 1.82) is 0 Å². The molecule has 6 nitrogen and oxygen atoms in total. The van der Waals surface area contributed by atoms with E-state index in [1.54, 1.807) is 6.21 Å². The number of hydrazone groups is 1. The highest BCUT2D eigenvalue weighted by atomic mass is 32.2. The topological polar surface area (TPSA) is 75.1 Å². The summed E-state index contributed by atoms with van der Waals surface area (Å²) < 4.78 is 2.15. The number of imidazole rings is 1. The highest BCUT2D eigenvalue weighted by molar-refractivity contribution is 7.99. The lowest BCUT2D eigenvalue weighted by Crippen LogP contribution is -2.20. The number of carbonyl (C=O) groups is 1. The Hall–Kier alpha value is -3.84. The predicted molar refractivity (Wildman–Crippen MR) is 130 cm³/mol. The van der Waals surface area contributed by atoms with Crippen molar-refractivity contribution >= 4 is 45.8 Å². The lowest BCUT2D eigenvalue weighted by atomic mass is 10.2. The average molecular weight is 440 g/mol. The molecule has 5 aromatic rings. The van der Waals surface area contributed by atoms with Crippen molar-refractivity contribution < 1.29 is 4.79 Å². The summed E-state index contributed by atoms with van der Waals surface area (Å²) in [5.74, 6) is 0.0491. The normalized spacial score (nSPS) is 11.5. The number of H-pyrrole nitrogens is 1. The lowest BCUT2D eigenvalue weighted by molar-refractivity contribution is -0.118. The maximum absolute atomic E-state index is 12.4. The van der Waals surface area contributed by atoms with Gasteiger partial charge in [-0.3, -0.25) is 4.79 Å².